The lowest BCUT2D eigenvalue weighted by molar-refractivity contribution is -0.119. The number of rotatable bonds is 6. The van der Waals surface area contributed by atoms with Gasteiger partial charge in [-0.2, -0.15) is 0 Å². The van der Waals surface area contributed by atoms with Gasteiger partial charge >= 0.3 is 0 Å². The number of hydrogen-bond donors (Lipinski definition) is 2. The van der Waals surface area contributed by atoms with Crippen molar-refractivity contribution in [2.24, 2.45) is 0 Å². The molecule has 1 aromatic heterocycles. The summed E-state index contributed by atoms with van der Waals surface area (Å²) in [5, 5.41) is 9.82. The van der Waals surface area contributed by atoms with Crippen molar-refractivity contribution in [1.82, 2.24) is 20.5 Å². The summed E-state index contributed by atoms with van der Waals surface area (Å²) in [5.41, 5.74) is 0.773. The van der Waals surface area contributed by atoms with Gasteiger partial charge in [-0.15, -0.1) is 5.10 Å². The zero-order valence-electron chi connectivity index (χ0n) is 12.8. The van der Waals surface area contributed by atoms with Crippen LogP contribution in [0.25, 0.3) is 11.4 Å². The Hall–Kier alpha value is -2.22. The SMILES string of the molecule is CNC(=O)[C@H](C)Sc1n[nH]c(-c2ccc(OC)cc2OC)n1. The molecule has 1 amide bonds. The maximum atomic E-state index is 11.5. The molecule has 1 aromatic carbocycles. The zero-order chi connectivity index (χ0) is 16.1. The quantitative estimate of drug-likeness (QED) is 0.787. The van der Waals surface area contributed by atoms with Crippen LogP contribution in [-0.2, 0) is 4.79 Å². The Morgan fingerprint density at radius 2 is 2.14 bits per heavy atom. The third-order valence-electron chi connectivity index (χ3n) is 3.03. The molecular formula is C14H18N4O3S. The van der Waals surface area contributed by atoms with Crippen LogP contribution in [0.15, 0.2) is 23.4 Å². The predicted octanol–water partition coefficient (Wildman–Crippen LogP) is 1.72. The molecule has 7 nitrogen and oxygen atoms in total. The summed E-state index contributed by atoms with van der Waals surface area (Å²) >= 11 is 1.28. The first-order valence-corrected chi connectivity index (χ1v) is 7.50. The molecule has 118 valence electrons. The number of methoxy groups -OCH3 is 2. The van der Waals surface area contributed by atoms with E-state index < -0.39 is 0 Å². The number of benzene rings is 1. The smallest absolute Gasteiger partial charge is 0.233 e. The normalized spacial score (nSPS) is 11.8. The van der Waals surface area contributed by atoms with Gasteiger partial charge in [0.25, 0.3) is 0 Å². The summed E-state index contributed by atoms with van der Waals surface area (Å²) in [6.07, 6.45) is 0. The molecule has 0 saturated carbocycles. The second-order valence-electron chi connectivity index (χ2n) is 4.41. The molecule has 0 spiro atoms. The Bertz CT molecular complexity index is 659. The van der Waals surface area contributed by atoms with Crippen LogP contribution < -0.4 is 14.8 Å². The van der Waals surface area contributed by atoms with Crippen molar-refractivity contribution in [1.29, 1.82) is 0 Å². The van der Waals surface area contributed by atoms with Crippen LogP contribution in [0.5, 0.6) is 11.5 Å². The Kier molecular flexibility index (Phi) is 5.26. The summed E-state index contributed by atoms with van der Waals surface area (Å²) in [6.45, 7) is 1.80. The fraction of sp³-hybridized carbons (Fsp3) is 0.357. The zero-order valence-corrected chi connectivity index (χ0v) is 13.7. The summed E-state index contributed by atoms with van der Waals surface area (Å²) in [4.78, 5) is 15.9. The van der Waals surface area contributed by atoms with Gasteiger partial charge in [-0.25, -0.2) is 4.98 Å². The van der Waals surface area contributed by atoms with Gasteiger partial charge in [0.05, 0.1) is 25.0 Å². The van der Waals surface area contributed by atoms with Crippen LogP contribution in [0.2, 0.25) is 0 Å². The van der Waals surface area contributed by atoms with Gasteiger partial charge in [-0.3, -0.25) is 9.89 Å². The van der Waals surface area contributed by atoms with E-state index >= 15 is 0 Å². The molecule has 0 bridgehead atoms. The van der Waals surface area contributed by atoms with Crippen molar-refractivity contribution in [2.45, 2.75) is 17.3 Å². The molecule has 1 atom stereocenters. The molecule has 0 aliphatic rings. The molecule has 2 N–H and O–H groups in total. The van der Waals surface area contributed by atoms with Gasteiger partial charge in [-0.05, 0) is 19.1 Å². The Labute approximate surface area is 132 Å². The van der Waals surface area contributed by atoms with E-state index in [1.54, 1.807) is 34.3 Å². The van der Waals surface area contributed by atoms with Crippen LogP contribution >= 0.6 is 11.8 Å². The number of nitrogens with zero attached hydrogens (tertiary/aromatic N) is 2. The first-order chi connectivity index (χ1) is 10.6. The van der Waals surface area contributed by atoms with Gasteiger partial charge in [0, 0.05) is 13.1 Å². The fourth-order valence-corrected chi connectivity index (χ4v) is 2.61. The number of amides is 1. The van der Waals surface area contributed by atoms with Gasteiger partial charge in [0.2, 0.25) is 11.1 Å². The molecule has 0 fully saturated rings. The van der Waals surface area contributed by atoms with Crippen LogP contribution in [0.1, 0.15) is 6.92 Å². The van der Waals surface area contributed by atoms with Crippen LogP contribution in [-0.4, -0.2) is 47.6 Å². The number of ether oxygens (including phenoxy) is 2. The molecule has 0 unspecified atom stereocenters. The van der Waals surface area contributed by atoms with Crippen molar-refractivity contribution < 1.29 is 14.3 Å². The number of thioether (sulfide) groups is 1. The number of aromatic amines is 1. The number of nitrogens with one attached hydrogen (secondary N) is 2. The molecule has 1 heterocycles. The van der Waals surface area contributed by atoms with Crippen molar-refractivity contribution in [3.8, 4) is 22.9 Å². The lowest BCUT2D eigenvalue weighted by atomic mass is 10.2. The van der Waals surface area contributed by atoms with E-state index in [0.29, 0.717) is 22.5 Å². The molecule has 8 heteroatoms. The molecule has 22 heavy (non-hydrogen) atoms. The Morgan fingerprint density at radius 1 is 1.36 bits per heavy atom. The minimum absolute atomic E-state index is 0.0709. The average molecular weight is 322 g/mol. The number of hydrogen-bond acceptors (Lipinski definition) is 6. The van der Waals surface area contributed by atoms with Crippen LogP contribution in [0.3, 0.4) is 0 Å². The van der Waals surface area contributed by atoms with E-state index in [2.05, 4.69) is 20.5 Å². The summed E-state index contributed by atoms with van der Waals surface area (Å²) in [7, 11) is 4.78. The van der Waals surface area contributed by atoms with Crippen molar-refractivity contribution >= 4 is 17.7 Å². The topological polar surface area (TPSA) is 89.1 Å². The highest BCUT2D eigenvalue weighted by Gasteiger charge is 2.17. The highest BCUT2D eigenvalue weighted by Crippen LogP contribution is 2.32. The maximum absolute atomic E-state index is 11.5. The van der Waals surface area contributed by atoms with Gasteiger partial charge in [0.1, 0.15) is 11.5 Å². The monoisotopic (exact) mass is 322 g/mol. The Balaban J connectivity index is 2.23. The van der Waals surface area contributed by atoms with Crippen molar-refractivity contribution in [2.75, 3.05) is 21.3 Å². The average Bonchev–Trinajstić information content (AvgIpc) is 3.01. The number of carbonyl (C=O) groups excluding carboxylic acids is 1. The van der Waals surface area contributed by atoms with E-state index in [9.17, 15) is 4.79 Å². The second-order valence-corrected chi connectivity index (χ2v) is 5.72. The third-order valence-corrected chi connectivity index (χ3v) is 3.99. The molecule has 2 aromatic rings. The molecule has 0 saturated heterocycles. The van der Waals surface area contributed by atoms with Crippen molar-refractivity contribution in [3.05, 3.63) is 18.2 Å². The minimum atomic E-state index is -0.272. The third kappa shape index (κ3) is 3.51. The predicted molar refractivity (Wildman–Crippen MR) is 84.3 cm³/mol. The Morgan fingerprint density at radius 3 is 2.77 bits per heavy atom. The molecule has 0 radical (unpaired) electrons. The summed E-state index contributed by atoms with van der Waals surface area (Å²) < 4.78 is 10.5. The number of aromatic nitrogens is 3. The van der Waals surface area contributed by atoms with E-state index in [1.165, 1.54) is 11.8 Å². The number of carbonyl (C=O) groups is 1. The summed E-state index contributed by atoms with van der Waals surface area (Å²) in [5.74, 6) is 1.83. The minimum Gasteiger partial charge on any atom is -0.497 e. The lowest BCUT2D eigenvalue weighted by Gasteiger charge is -2.08. The van der Waals surface area contributed by atoms with Crippen molar-refractivity contribution in [3.63, 3.8) is 0 Å². The molecular weight excluding hydrogens is 304 g/mol. The van der Waals surface area contributed by atoms with E-state index in [-0.39, 0.29) is 11.2 Å². The lowest BCUT2D eigenvalue weighted by Crippen LogP contribution is -2.27. The van der Waals surface area contributed by atoms with E-state index in [0.717, 1.165) is 5.56 Å². The van der Waals surface area contributed by atoms with Gasteiger partial charge < -0.3 is 14.8 Å². The largest absolute Gasteiger partial charge is 0.497 e. The summed E-state index contributed by atoms with van der Waals surface area (Å²) in [6, 6.07) is 5.44. The first-order valence-electron chi connectivity index (χ1n) is 6.62. The molecule has 0 aliphatic heterocycles. The van der Waals surface area contributed by atoms with Gasteiger partial charge in [-0.1, -0.05) is 11.8 Å². The van der Waals surface area contributed by atoms with Crippen LogP contribution in [0, 0.1) is 0 Å². The van der Waals surface area contributed by atoms with Crippen LogP contribution in [0.4, 0.5) is 0 Å². The fourth-order valence-electron chi connectivity index (χ4n) is 1.83. The molecule has 0 aliphatic carbocycles. The maximum Gasteiger partial charge on any atom is 0.233 e. The first kappa shape index (κ1) is 16.2. The number of H-pyrrole nitrogens is 1. The molecule has 2 rings (SSSR count). The van der Waals surface area contributed by atoms with E-state index in [4.69, 9.17) is 9.47 Å². The van der Waals surface area contributed by atoms with Gasteiger partial charge in [0.15, 0.2) is 5.82 Å². The second kappa shape index (κ2) is 7.17. The van der Waals surface area contributed by atoms with E-state index in [1.807, 2.05) is 12.1 Å². The highest BCUT2D eigenvalue weighted by molar-refractivity contribution is 8.00. The highest BCUT2D eigenvalue weighted by atomic mass is 32.2. The standard InChI is InChI=1S/C14H18N4O3S/c1-8(13(19)15-2)22-14-16-12(17-18-14)10-6-5-9(20-3)7-11(10)21-4/h5-8H,1-4H3,(H,15,19)(H,16,17,18)/t8-/m0/s1.